The number of carbonyl (C=O) groups excluding carboxylic acids is 1. The van der Waals surface area contributed by atoms with E-state index in [0.717, 1.165) is 17.0 Å². The maximum atomic E-state index is 14.2. The Morgan fingerprint density at radius 1 is 1.10 bits per heavy atom. The van der Waals surface area contributed by atoms with Crippen molar-refractivity contribution in [3.8, 4) is 17.5 Å². The fraction of sp³-hybridized carbons (Fsp3) is 0.161. The zero-order chi connectivity index (χ0) is 29.5. The number of para-hydroxylation sites is 1. The average Bonchev–Trinajstić information content (AvgIpc) is 3.53. The van der Waals surface area contributed by atoms with Crippen molar-refractivity contribution >= 4 is 28.3 Å². The van der Waals surface area contributed by atoms with E-state index in [-0.39, 0.29) is 16.9 Å². The number of benzene rings is 2. The van der Waals surface area contributed by atoms with E-state index in [4.69, 9.17) is 10.7 Å². The molecule has 0 saturated heterocycles. The van der Waals surface area contributed by atoms with Crippen LogP contribution in [-0.4, -0.2) is 35.3 Å². The Bertz CT molecular complexity index is 2130. The molecule has 6 rings (SSSR count). The van der Waals surface area contributed by atoms with E-state index in [1.165, 1.54) is 4.57 Å². The lowest BCUT2D eigenvalue weighted by molar-refractivity contribution is -0.585. The number of nitrogens with two attached hydrogens (primary N) is 1. The van der Waals surface area contributed by atoms with Crippen LogP contribution in [0.1, 0.15) is 51.7 Å². The van der Waals surface area contributed by atoms with Gasteiger partial charge in [-0.05, 0) is 36.2 Å². The highest BCUT2D eigenvalue weighted by Gasteiger charge is 2.29. The van der Waals surface area contributed by atoms with Crippen LogP contribution in [0.25, 0.3) is 22.2 Å². The van der Waals surface area contributed by atoms with Crippen LogP contribution in [0.2, 0.25) is 0 Å². The van der Waals surface area contributed by atoms with Gasteiger partial charge in [-0.15, -0.1) is 4.52 Å². The van der Waals surface area contributed by atoms with Gasteiger partial charge in [-0.3, -0.25) is 18.8 Å². The molecule has 11 heteroatoms. The second-order valence-corrected chi connectivity index (χ2v) is 10.1. The van der Waals surface area contributed by atoms with E-state index in [1.807, 2.05) is 63.4 Å². The molecule has 4 aromatic heterocycles. The van der Waals surface area contributed by atoms with Crippen molar-refractivity contribution in [3.63, 3.8) is 0 Å². The van der Waals surface area contributed by atoms with Crippen molar-refractivity contribution in [1.29, 1.82) is 0 Å². The summed E-state index contributed by atoms with van der Waals surface area (Å²) >= 11 is 0. The number of fused-ring (bicyclic) bond motifs is 2. The first-order chi connectivity index (χ1) is 20.2. The van der Waals surface area contributed by atoms with Gasteiger partial charge in [0.2, 0.25) is 0 Å². The number of nitrogens with one attached hydrogen (secondary N) is 2. The number of hydrogen-bond donors (Lipinski definition) is 3. The molecule has 0 spiro atoms. The Hall–Kier alpha value is -5.76. The molecule has 4 N–H and O–H groups in total. The molecule has 0 radical (unpaired) electrons. The average molecular weight is 559 g/mol. The number of hydrogen-bond acceptors (Lipinski definition) is 6. The van der Waals surface area contributed by atoms with Crippen molar-refractivity contribution in [2.45, 2.75) is 26.8 Å². The molecule has 1 unspecified atom stereocenters. The van der Waals surface area contributed by atoms with Crippen LogP contribution >= 0.6 is 0 Å². The van der Waals surface area contributed by atoms with Crippen LogP contribution in [0.4, 0.5) is 5.82 Å². The third-order valence-electron chi connectivity index (χ3n) is 6.94. The molecule has 1 atom stereocenters. The van der Waals surface area contributed by atoms with Crippen LogP contribution in [-0.2, 0) is 7.05 Å². The lowest BCUT2D eigenvalue weighted by Gasteiger charge is -2.19. The van der Waals surface area contributed by atoms with Gasteiger partial charge in [-0.2, -0.15) is 5.10 Å². The van der Waals surface area contributed by atoms with Gasteiger partial charge in [-0.25, -0.2) is 10.1 Å². The Morgan fingerprint density at radius 2 is 1.88 bits per heavy atom. The summed E-state index contributed by atoms with van der Waals surface area (Å²) in [6, 6.07) is 15.8. The van der Waals surface area contributed by atoms with Crippen molar-refractivity contribution < 1.29 is 9.31 Å². The first kappa shape index (κ1) is 26.5. The van der Waals surface area contributed by atoms with Gasteiger partial charge < -0.3 is 11.1 Å². The van der Waals surface area contributed by atoms with E-state index in [9.17, 15) is 9.59 Å². The fourth-order valence-corrected chi connectivity index (χ4v) is 5.04. The van der Waals surface area contributed by atoms with E-state index in [1.54, 1.807) is 40.6 Å². The molecule has 6 aromatic rings. The molecule has 42 heavy (non-hydrogen) atoms. The monoisotopic (exact) mass is 558 g/mol. The first-order valence-corrected chi connectivity index (χ1v) is 13.3. The van der Waals surface area contributed by atoms with E-state index >= 15 is 0 Å². The molecular formula is C31H28N9O2+. The van der Waals surface area contributed by atoms with Crippen LogP contribution in [0, 0.1) is 25.7 Å². The van der Waals surface area contributed by atoms with Crippen LogP contribution < -0.4 is 21.1 Å². The zero-order valence-electron chi connectivity index (χ0n) is 23.5. The number of nitrogen functional groups attached to an aromatic ring is 1. The number of nitrogens with zero attached hydrogens (tertiary/aromatic N) is 6. The third kappa shape index (κ3) is 4.65. The molecule has 0 aliphatic heterocycles. The highest BCUT2D eigenvalue weighted by Crippen LogP contribution is 2.22. The van der Waals surface area contributed by atoms with E-state index in [0.29, 0.717) is 33.6 Å². The zero-order valence-corrected chi connectivity index (χ0v) is 23.5. The third-order valence-corrected chi connectivity index (χ3v) is 6.94. The number of aryl methyl sites for hydroxylation is 3. The number of amides is 1. The van der Waals surface area contributed by atoms with Crippen molar-refractivity contribution in [2.24, 2.45) is 7.05 Å². The quantitative estimate of drug-likeness (QED) is 0.225. The maximum Gasteiger partial charge on any atom is 0.363 e. The number of aromatic nitrogens is 7. The smallest absolute Gasteiger partial charge is 0.363 e. The standard InChI is InChI=1S/C31H27N9O2/c1-18-15-19(2)40-29(34-18)26(27(32)37-40)30(41)35-20(3)28-36-24-12-8-9-22(14-13-21-16-33-38(4)17-21)25(24)31(42)39(28)23-10-6-5-7-11-23/h5-12,15-17,20H,1-4H3,(H3,32,35,37,41)/p+1. The Morgan fingerprint density at radius 3 is 2.62 bits per heavy atom. The summed E-state index contributed by atoms with van der Waals surface area (Å²) in [5, 5.41) is 10.5. The first-order valence-electron chi connectivity index (χ1n) is 13.3. The Labute approximate surface area is 240 Å². The van der Waals surface area contributed by atoms with Crippen LogP contribution in [0.5, 0.6) is 0 Å². The van der Waals surface area contributed by atoms with Gasteiger partial charge in [0.25, 0.3) is 11.5 Å². The van der Waals surface area contributed by atoms with Gasteiger partial charge >= 0.3 is 5.65 Å². The summed E-state index contributed by atoms with van der Waals surface area (Å²) in [5.74, 6) is 6.29. The molecule has 0 fully saturated rings. The summed E-state index contributed by atoms with van der Waals surface area (Å²) in [6.07, 6.45) is 3.47. The minimum Gasteiger partial charge on any atom is -0.382 e. The Kier molecular flexibility index (Phi) is 6.51. The summed E-state index contributed by atoms with van der Waals surface area (Å²) in [7, 11) is 1.82. The molecule has 0 bridgehead atoms. The van der Waals surface area contributed by atoms with Crippen molar-refractivity contribution in [1.82, 2.24) is 34.7 Å². The van der Waals surface area contributed by atoms with Crippen LogP contribution in [0.3, 0.4) is 0 Å². The molecule has 0 aliphatic carbocycles. The molecule has 4 heterocycles. The number of anilines is 1. The predicted molar refractivity (Wildman–Crippen MR) is 158 cm³/mol. The SMILES string of the molecule is Cc1cc(C)[n+]2[nH]c(N)c(C(=O)NC(C)c3nc4cccc(C#Cc5cnn(C)c5)c4c(=O)n3-c3ccccc3)c2n1. The van der Waals surface area contributed by atoms with E-state index in [2.05, 4.69) is 32.3 Å². The van der Waals surface area contributed by atoms with Crippen molar-refractivity contribution in [2.75, 3.05) is 5.73 Å². The lowest BCUT2D eigenvalue weighted by atomic mass is 10.1. The van der Waals surface area contributed by atoms with Gasteiger partial charge in [0.05, 0.1) is 34.4 Å². The number of aromatic amines is 1. The summed E-state index contributed by atoms with van der Waals surface area (Å²) in [4.78, 5) is 37.2. The molecule has 2 aromatic carbocycles. The van der Waals surface area contributed by atoms with Crippen molar-refractivity contribution in [3.05, 3.63) is 111 Å². The molecule has 11 nitrogen and oxygen atoms in total. The molecule has 1 amide bonds. The van der Waals surface area contributed by atoms with Gasteiger partial charge in [-0.1, -0.05) is 36.1 Å². The number of carbonyl (C=O) groups is 1. The second-order valence-electron chi connectivity index (χ2n) is 10.1. The van der Waals surface area contributed by atoms with Gasteiger partial charge in [0.15, 0.2) is 17.1 Å². The normalized spacial score (nSPS) is 11.8. The number of H-pyrrole nitrogens is 1. The minimum atomic E-state index is -0.680. The molecule has 208 valence electrons. The fourth-order valence-electron chi connectivity index (χ4n) is 5.04. The highest BCUT2D eigenvalue weighted by atomic mass is 16.2. The largest absolute Gasteiger partial charge is 0.382 e. The predicted octanol–water partition coefficient (Wildman–Crippen LogP) is 2.67. The van der Waals surface area contributed by atoms with E-state index < -0.39 is 11.9 Å². The Balaban J connectivity index is 1.47. The van der Waals surface area contributed by atoms with Gasteiger partial charge in [0.1, 0.15) is 11.5 Å². The summed E-state index contributed by atoms with van der Waals surface area (Å²) < 4.78 is 4.85. The molecule has 0 saturated carbocycles. The highest BCUT2D eigenvalue weighted by molar-refractivity contribution is 6.03. The topological polar surface area (TPSA) is 141 Å². The maximum absolute atomic E-state index is 14.2. The molecule has 0 aliphatic rings. The minimum absolute atomic E-state index is 0.185. The summed E-state index contributed by atoms with van der Waals surface area (Å²) in [6.45, 7) is 5.53. The lowest BCUT2D eigenvalue weighted by Crippen LogP contribution is -2.34. The summed E-state index contributed by atoms with van der Waals surface area (Å²) in [5.41, 5.74) is 10.5. The molecular weight excluding hydrogens is 530 g/mol. The van der Waals surface area contributed by atoms with Gasteiger partial charge in [0, 0.05) is 38.7 Å². The number of rotatable bonds is 4. The van der Waals surface area contributed by atoms with Crippen LogP contribution in [0.15, 0.2) is 71.8 Å². The second kappa shape index (κ2) is 10.3.